The van der Waals surface area contributed by atoms with Crippen molar-refractivity contribution in [2.24, 2.45) is 0 Å². The van der Waals surface area contributed by atoms with Crippen LogP contribution in [0.2, 0.25) is 0 Å². The first kappa shape index (κ1) is 20.7. The maximum Gasteiger partial charge on any atom is 0.118 e. The van der Waals surface area contributed by atoms with Crippen molar-refractivity contribution in [2.75, 3.05) is 13.2 Å². The summed E-state index contributed by atoms with van der Waals surface area (Å²) in [6, 6.07) is 7.66. The van der Waals surface area contributed by atoms with Crippen LogP contribution in [-0.2, 0) is 11.2 Å². The normalized spacial score (nSPS) is 10.2. The number of para-hydroxylation sites is 1. The van der Waals surface area contributed by atoms with Gasteiger partial charge in [-0.15, -0.1) is 6.58 Å². The molecule has 0 aliphatic rings. The fourth-order valence-electron chi connectivity index (χ4n) is 2.47. The zero-order valence-corrected chi connectivity index (χ0v) is 13.9. The van der Waals surface area contributed by atoms with Gasteiger partial charge in [0.1, 0.15) is 5.75 Å². The minimum atomic E-state index is 0. The summed E-state index contributed by atoms with van der Waals surface area (Å²) in [5.74, 6) is 0.441. The Morgan fingerprint density at radius 3 is 2.14 bits per heavy atom. The second-order valence-electron chi connectivity index (χ2n) is 5.57. The van der Waals surface area contributed by atoms with Crippen LogP contribution >= 0.6 is 0 Å². The molecule has 0 radical (unpaired) electrons. The van der Waals surface area contributed by atoms with E-state index in [1.54, 1.807) is 12.1 Å². The molecule has 0 saturated heterocycles. The molecule has 3 heteroatoms. The number of rotatable bonds is 13. The molecule has 3 nitrogen and oxygen atoms in total. The average molecular weight is 307 g/mol. The van der Waals surface area contributed by atoms with E-state index >= 15 is 0 Å². The third-order valence-electron chi connectivity index (χ3n) is 3.71. The molecule has 0 spiro atoms. The number of aromatic hydroxyl groups is 1. The first-order valence-corrected chi connectivity index (χ1v) is 8.30. The number of phenols is 1. The Kier molecular flexibility index (Phi) is 13.7. The molecule has 1 rings (SSSR count). The summed E-state index contributed by atoms with van der Waals surface area (Å²) in [6.07, 6.45) is 13.0. The van der Waals surface area contributed by atoms with Gasteiger partial charge in [0.15, 0.2) is 0 Å². The number of hydrogen-bond acceptors (Lipinski definition) is 3. The molecule has 0 bridgehead atoms. The standard InChI is InChI=1S/C19H30O2.H3N/c1-2-16-21-17-12-8-6-4-3-5-7-9-13-18-14-10-11-15-19(18)20;/h2,10-11,14-15,20H,1,3-9,12-13,16-17H2;1H3. The molecule has 0 fully saturated rings. The lowest BCUT2D eigenvalue weighted by Crippen LogP contribution is -1.93. The highest BCUT2D eigenvalue weighted by atomic mass is 16.5. The van der Waals surface area contributed by atoms with Crippen molar-refractivity contribution in [3.8, 4) is 5.75 Å². The molecule has 0 heterocycles. The summed E-state index contributed by atoms with van der Waals surface area (Å²) in [5, 5.41) is 9.67. The first-order chi connectivity index (χ1) is 10.3. The predicted octanol–water partition coefficient (Wildman–Crippen LogP) is 5.42. The Bertz CT molecular complexity index is 379. The monoisotopic (exact) mass is 307 g/mol. The third kappa shape index (κ3) is 10.4. The Labute approximate surface area is 136 Å². The van der Waals surface area contributed by atoms with E-state index in [0.717, 1.165) is 18.6 Å². The molecule has 0 aliphatic heterocycles. The number of ether oxygens (including phenoxy) is 1. The third-order valence-corrected chi connectivity index (χ3v) is 3.71. The van der Waals surface area contributed by atoms with E-state index < -0.39 is 0 Å². The van der Waals surface area contributed by atoms with Gasteiger partial charge in [0.25, 0.3) is 0 Å². The van der Waals surface area contributed by atoms with Crippen molar-refractivity contribution in [3.63, 3.8) is 0 Å². The van der Waals surface area contributed by atoms with Crippen LogP contribution in [0.25, 0.3) is 0 Å². The molecule has 0 aliphatic carbocycles. The fraction of sp³-hybridized carbons (Fsp3) is 0.579. The van der Waals surface area contributed by atoms with Crippen LogP contribution in [-0.4, -0.2) is 18.3 Å². The Morgan fingerprint density at radius 1 is 0.909 bits per heavy atom. The molecule has 0 amide bonds. The van der Waals surface area contributed by atoms with Crippen molar-refractivity contribution in [2.45, 2.75) is 57.8 Å². The van der Waals surface area contributed by atoms with E-state index in [0.29, 0.717) is 12.4 Å². The molecule has 0 saturated carbocycles. The summed E-state index contributed by atoms with van der Waals surface area (Å²) >= 11 is 0. The lowest BCUT2D eigenvalue weighted by atomic mass is 10.0. The molecule has 1 aromatic carbocycles. The lowest BCUT2D eigenvalue weighted by molar-refractivity contribution is 0.157. The van der Waals surface area contributed by atoms with Crippen LogP contribution in [0.1, 0.15) is 56.9 Å². The second kappa shape index (κ2) is 14.6. The summed E-state index contributed by atoms with van der Waals surface area (Å²) in [5.41, 5.74) is 1.08. The predicted molar refractivity (Wildman–Crippen MR) is 94.8 cm³/mol. The molecule has 0 atom stereocenters. The van der Waals surface area contributed by atoms with Gasteiger partial charge in [-0.1, -0.05) is 62.8 Å². The summed E-state index contributed by atoms with van der Waals surface area (Å²) < 4.78 is 5.36. The zero-order valence-electron chi connectivity index (χ0n) is 13.9. The van der Waals surface area contributed by atoms with Gasteiger partial charge in [0, 0.05) is 6.61 Å². The van der Waals surface area contributed by atoms with Gasteiger partial charge in [-0.25, -0.2) is 0 Å². The maximum absolute atomic E-state index is 9.67. The van der Waals surface area contributed by atoms with Gasteiger partial charge in [0.05, 0.1) is 6.61 Å². The number of hydrogen-bond donors (Lipinski definition) is 2. The van der Waals surface area contributed by atoms with Gasteiger partial charge in [-0.3, -0.25) is 0 Å². The maximum atomic E-state index is 9.67. The first-order valence-electron chi connectivity index (χ1n) is 8.30. The highest BCUT2D eigenvalue weighted by Crippen LogP contribution is 2.18. The van der Waals surface area contributed by atoms with Crippen molar-refractivity contribution < 1.29 is 9.84 Å². The molecular weight excluding hydrogens is 274 g/mol. The van der Waals surface area contributed by atoms with E-state index in [1.165, 1.54) is 51.4 Å². The van der Waals surface area contributed by atoms with Gasteiger partial charge in [0.2, 0.25) is 0 Å². The number of phenolic OH excluding ortho intramolecular Hbond substituents is 1. The summed E-state index contributed by atoms with van der Waals surface area (Å²) in [7, 11) is 0. The Balaban J connectivity index is 0.00000441. The van der Waals surface area contributed by atoms with Crippen molar-refractivity contribution in [1.29, 1.82) is 0 Å². The Morgan fingerprint density at radius 2 is 1.50 bits per heavy atom. The highest BCUT2D eigenvalue weighted by Gasteiger charge is 1.99. The molecule has 126 valence electrons. The van der Waals surface area contributed by atoms with E-state index in [4.69, 9.17) is 4.74 Å². The molecule has 4 N–H and O–H groups in total. The minimum Gasteiger partial charge on any atom is -0.508 e. The van der Waals surface area contributed by atoms with Crippen LogP contribution < -0.4 is 6.15 Å². The van der Waals surface area contributed by atoms with E-state index in [-0.39, 0.29) is 6.15 Å². The largest absolute Gasteiger partial charge is 0.508 e. The van der Waals surface area contributed by atoms with Crippen LogP contribution in [0.3, 0.4) is 0 Å². The van der Waals surface area contributed by atoms with Gasteiger partial charge >= 0.3 is 0 Å². The quantitative estimate of drug-likeness (QED) is 0.378. The van der Waals surface area contributed by atoms with Crippen LogP contribution in [0.15, 0.2) is 36.9 Å². The van der Waals surface area contributed by atoms with Crippen LogP contribution in [0, 0.1) is 0 Å². The Hall–Kier alpha value is -1.32. The highest BCUT2D eigenvalue weighted by molar-refractivity contribution is 5.31. The lowest BCUT2D eigenvalue weighted by Gasteiger charge is -2.05. The second-order valence-corrected chi connectivity index (χ2v) is 5.57. The van der Waals surface area contributed by atoms with Gasteiger partial charge in [-0.2, -0.15) is 0 Å². The molecule has 0 aromatic heterocycles. The van der Waals surface area contributed by atoms with Crippen LogP contribution in [0.4, 0.5) is 0 Å². The topological polar surface area (TPSA) is 64.5 Å². The number of unbranched alkanes of at least 4 members (excludes halogenated alkanes) is 7. The van der Waals surface area contributed by atoms with E-state index in [2.05, 4.69) is 6.58 Å². The van der Waals surface area contributed by atoms with E-state index in [9.17, 15) is 5.11 Å². The average Bonchev–Trinajstić information content (AvgIpc) is 2.50. The van der Waals surface area contributed by atoms with E-state index in [1.807, 2.05) is 18.2 Å². The van der Waals surface area contributed by atoms with Crippen molar-refractivity contribution in [1.82, 2.24) is 6.15 Å². The summed E-state index contributed by atoms with van der Waals surface area (Å²) in [6.45, 7) is 5.17. The fourth-order valence-corrected chi connectivity index (χ4v) is 2.47. The minimum absolute atomic E-state index is 0. The number of aryl methyl sites for hydroxylation is 1. The van der Waals surface area contributed by atoms with Crippen LogP contribution in [0.5, 0.6) is 5.75 Å². The summed E-state index contributed by atoms with van der Waals surface area (Å²) in [4.78, 5) is 0. The molecule has 1 aromatic rings. The van der Waals surface area contributed by atoms with Crippen molar-refractivity contribution in [3.05, 3.63) is 42.5 Å². The number of benzene rings is 1. The zero-order chi connectivity index (χ0) is 15.2. The molecule has 0 unspecified atom stereocenters. The SMILES string of the molecule is C=CCOCCCCCCCCCCc1ccccc1O.N. The molecule has 22 heavy (non-hydrogen) atoms. The smallest absolute Gasteiger partial charge is 0.118 e. The molecular formula is C19H33NO2. The van der Waals surface area contributed by atoms with Gasteiger partial charge in [-0.05, 0) is 30.9 Å². The van der Waals surface area contributed by atoms with Crippen molar-refractivity contribution >= 4 is 0 Å². The van der Waals surface area contributed by atoms with Gasteiger partial charge < -0.3 is 16.0 Å².